The molecular formula is C25H32N2O6S. The normalized spacial score (nSPS) is 13.8. The van der Waals surface area contributed by atoms with Crippen LogP contribution >= 0.6 is 0 Å². The fourth-order valence-electron chi connectivity index (χ4n) is 3.96. The maximum atomic E-state index is 13.1. The summed E-state index contributed by atoms with van der Waals surface area (Å²) >= 11 is 0. The summed E-state index contributed by atoms with van der Waals surface area (Å²) in [5, 5.41) is 12.5. The Balaban J connectivity index is 1.71. The van der Waals surface area contributed by atoms with Crippen LogP contribution in [0, 0.1) is 0 Å². The van der Waals surface area contributed by atoms with Crippen molar-refractivity contribution in [2.24, 2.45) is 0 Å². The lowest BCUT2D eigenvalue weighted by Gasteiger charge is -2.16. The number of rotatable bonds is 12. The zero-order chi connectivity index (χ0) is 24.6. The van der Waals surface area contributed by atoms with E-state index >= 15 is 0 Å². The molecule has 3 N–H and O–H groups in total. The molecule has 0 spiro atoms. The molecule has 0 amide bonds. The third kappa shape index (κ3) is 6.74. The molecule has 2 aromatic rings. The molecule has 0 unspecified atom stereocenters. The average Bonchev–Trinajstić information content (AvgIpc) is 2.84. The summed E-state index contributed by atoms with van der Waals surface area (Å²) in [6, 6.07) is 9.69. The number of nitrogens with one attached hydrogen (secondary N) is 2. The fourth-order valence-corrected chi connectivity index (χ4v) is 5.19. The van der Waals surface area contributed by atoms with E-state index in [-0.39, 0.29) is 17.0 Å². The van der Waals surface area contributed by atoms with Gasteiger partial charge >= 0.3 is 5.97 Å². The number of hydrogen-bond donors (Lipinski definition) is 3. The molecule has 0 heterocycles. The Kier molecular flexibility index (Phi) is 8.95. The van der Waals surface area contributed by atoms with Gasteiger partial charge in [0.15, 0.2) is 11.5 Å². The van der Waals surface area contributed by atoms with E-state index in [2.05, 4.69) is 16.1 Å². The zero-order valence-electron chi connectivity index (χ0n) is 19.6. The van der Waals surface area contributed by atoms with E-state index in [1.807, 2.05) is 18.2 Å². The van der Waals surface area contributed by atoms with Gasteiger partial charge in [-0.15, -0.1) is 0 Å². The highest BCUT2D eigenvalue weighted by atomic mass is 32.2. The van der Waals surface area contributed by atoms with E-state index in [0.29, 0.717) is 36.6 Å². The molecule has 0 aromatic heterocycles. The minimum absolute atomic E-state index is 0.0719. The molecule has 3 rings (SSSR count). The predicted molar refractivity (Wildman–Crippen MR) is 131 cm³/mol. The molecule has 0 aliphatic heterocycles. The van der Waals surface area contributed by atoms with Crippen LogP contribution in [0.25, 0.3) is 0 Å². The number of hydrogen-bond acceptors (Lipinski definition) is 6. The van der Waals surface area contributed by atoms with E-state index in [9.17, 15) is 18.3 Å². The van der Waals surface area contributed by atoms with Crippen LogP contribution in [0.3, 0.4) is 0 Å². The second-order valence-electron chi connectivity index (χ2n) is 8.14. The van der Waals surface area contributed by atoms with Gasteiger partial charge in [0.05, 0.1) is 25.5 Å². The van der Waals surface area contributed by atoms with Gasteiger partial charge in [-0.3, -0.25) is 0 Å². The Morgan fingerprint density at radius 1 is 1.00 bits per heavy atom. The highest BCUT2D eigenvalue weighted by molar-refractivity contribution is 7.89. The van der Waals surface area contributed by atoms with Crippen LogP contribution in [0.15, 0.2) is 52.9 Å². The number of carboxylic acids is 1. The van der Waals surface area contributed by atoms with Crippen LogP contribution < -0.4 is 19.5 Å². The molecule has 8 nitrogen and oxygen atoms in total. The lowest BCUT2D eigenvalue weighted by Crippen LogP contribution is -2.26. The molecule has 0 fully saturated rings. The van der Waals surface area contributed by atoms with Gasteiger partial charge in [-0.2, -0.15) is 0 Å². The van der Waals surface area contributed by atoms with Crippen molar-refractivity contribution in [1.29, 1.82) is 0 Å². The van der Waals surface area contributed by atoms with Crippen LogP contribution in [0.5, 0.6) is 11.5 Å². The first-order valence-corrected chi connectivity index (χ1v) is 12.8. The van der Waals surface area contributed by atoms with Crippen molar-refractivity contribution in [2.45, 2.75) is 43.4 Å². The minimum Gasteiger partial charge on any atom is -0.493 e. The lowest BCUT2D eigenvalue weighted by molar-refractivity contribution is 0.0696. The second kappa shape index (κ2) is 11.9. The van der Waals surface area contributed by atoms with Gasteiger partial charge in [0.1, 0.15) is 4.90 Å². The van der Waals surface area contributed by atoms with Gasteiger partial charge in [-0.05, 0) is 74.4 Å². The molecule has 0 radical (unpaired) electrons. The van der Waals surface area contributed by atoms with Crippen LogP contribution in [-0.2, 0) is 16.4 Å². The van der Waals surface area contributed by atoms with Gasteiger partial charge in [0, 0.05) is 13.1 Å². The number of allylic oxidation sites excluding steroid dienone is 1. The number of carbonyl (C=O) groups is 1. The zero-order valence-corrected chi connectivity index (χ0v) is 20.4. The summed E-state index contributed by atoms with van der Waals surface area (Å²) in [6.07, 6.45) is 7.78. The smallest absolute Gasteiger partial charge is 0.335 e. The van der Waals surface area contributed by atoms with Gasteiger partial charge in [-0.25, -0.2) is 17.9 Å². The molecule has 0 bridgehead atoms. The van der Waals surface area contributed by atoms with Crippen molar-refractivity contribution in [2.75, 3.05) is 32.6 Å². The van der Waals surface area contributed by atoms with E-state index in [4.69, 9.17) is 9.47 Å². The van der Waals surface area contributed by atoms with Crippen LogP contribution in [0.2, 0.25) is 0 Å². The number of sulfonamides is 1. The summed E-state index contributed by atoms with van der Waals surface area (Å²) in [5.74, 6) is 0.0685. The average molecular weight is 489 g/mol. The highest BCUT2D eigenvalue weighted by Crippen LogP contribution is 2.28. The van der Waals surface area contributed by atoms with Crippen molar-refractivity contribution in [3.05, 3.63) is 59.2 Å². The van der Waals surface area contributed by atoms with Gasteiger partial charge in [0.25, 0.3) is 0 Å². The van der Waals surface area contributed by atoms with Crippen LogP contribution in [-0.4, -0.2) is 46.8 Å². The van der Waals surface area contributed by atoms with Crippen LogP contribution in [0.1, 0.15) is 48.0 Å². The monoisotopic (exact) mass is 488 g/mol. The number of benzene rings is 2. The fraction of sp³-hybridized carbons (Fsp3) is 0.400. The van der Waals surface area contributed by atoms with Crippen molar-refractivity contribution in [3.63, 3.8) is 0 Å². The minimum atomic E-state index is -3.90. The number of aromatic carboxylic acids is 1. The number of carboxylic acid groups (broad SMARTS) is 1. The van der Waals surface area contributed by atoms with Crippen molar-refractivity contribution in [1.82, 2.24) is 4.72 Å². The van der Waals surface area contributed by atoms with Gasteiger partial charge in [0.2, 0.25) is 10.0 Å². The van der Waals surface area contributed by atoms with E-state index < -0.39 is 16.0 Å². The molecule has 1 aliphatic carbocycles. The molecule has 9 heteroatoms. The first-order valence-electron chi connectivity index (χ1n) is 11.3. The Bertz CT molecular complexity index is 1140. The van der Waals surface area contributed by atoms with E-state index in [1.54, 1.807) is 14.2 Å². The van der Waals surface area contributed by atoms with Crippen molar-refractivity contribution in [3.8, 4) is 11.5 Å². The maximum absolute atomic E-state index is 13.1. The number of ether oxygens (including phenoxy) is 2. The molecule has 184 valence electrons. The van der Waals surface area contributed by atoms with E-state index in [0.717, 1.165) is 24.8 Å². The molecular weight excluding hydrogens is 456 g/mol. The summed E-state index contributed by atoms with van der Waals surface area (Å²) in [5.41, 5.74) is 2.52. The molecule has 0 saturated heterocycles. The van der Waals surface area contributed by atoms with Crippen molar-refractivity contribution >= 4 is 21.7 Å². The topological polar surface area (TPSA) is 114 Å². The molecule has 1 aliphatic rings. The molecule has 0 saturated carbocycles. The highest BCUT2D eigenvalue weighted by Gasteiger charge is 2.21. The molecule has 2 aromatic carbocycles. The Morgan fingerprint density at radius 3 is 2.47 bits per heavy atom. The second-order valence-corrected chi connectivity index (χ2v) is 9.87. The van der Waals surface area contributed by atoms with E-state index in [1.165, 1.54) is 30.2 Å². The summed E-state index contributed by atoms with van der Waals surface area (Å²) in [4.78, 5) is 11.4. The molecule has 0 atom stereocenters. The van der Waals surface area contributed by atoms with Crippen molar-refractivity contribution < 1.29 is 27.8 Å². The third-order valence-electron chi connectivity index (χ3n) is 5.82. The maximum Gasteiger partial charge on any atom is 0.335 e. The largest absolute Gasteiger partial charge is 0.493 e. The molecule has 34 heavy (non-hydrogen) atoms. The quantitative estimate of drug-likeness (QED) is 0.383. The number of methoxy groups -OCH3 is 2. The summed E-state index contributed by atoms with van der Waals surface area (Å²) in [7, 11) is -0.762. The summed E-state index contributed by atoms with van der Waals surface area (Å²) in [6.45, 7) is 0.716. The lowest BCUT2D eigenvalue weighted by atomic mass is 9.97. The third-order valence-corrected chi connectivity index (χ3v) is 7.32. The summed E-state index contributed by atoms with van der Waals surface area (Å²) < 4.78 is 39.3. The predicted octanol–water partition coefficient (Wildman–Crippen LogP) is 4.23. The van der Waals surface area contributed by atoms with Gasteiger partial charge < -0.3 is 19.9 Å². The Hall–Kier alpha value is -3.04. The standard InChI is InChI=1S/C25H32N2O6S/c1-32-22-11-8-19(16-23(22)33-2)12-14-26-21-10-9-20(25(28)29)17-24(21)34(30,31)27-15-13-18-6-4-3-5-7-18/h6,8-11,16-17,26-27H,3-5,7,12-15H2,1-2H3,(H,28,29). The first kappa shape index (κ1) is 25.6. The van der Waals surface area contributed by atoms with Crippen LogP contribution in [0.4, 0.5) is 5.69 Å². The van der Waals surface area contributed by atoms with Gasteiger partial charge in [-0.1, -0.05) is 17.7 Å². The number of anilines is 1. The SMILES string of the molecule is COc1ccc(CCNc2ccc(C(=O)O)cc2S(=O)(=O)NCCC2=CCCCC2)cc1OC. The first-order chi connectivity index (χ1) is 16.3. The Morgan fingerprint density at radius 2 is 1.79 bits per heavy atom. The Labute approximate surface area is 201 Å².